The fraction of sp³-hybridized carbons (Fsp3) is 0.400. The molecule has 3 rings (SSSR count). The molecule has 0 amide bonds. The summed E-state index contributed by atoms with van der Waals surface area (Å²) in [5.41, 5.74) is 1.50. The molecule has 1 aromatic heterocycles. The van der Waals surface area contributed by atoms with Crippen molar-refractivity contribution in [1.82, 2.24) is 10.3 Å². The van der Waals surface area contributed by atoms with Gasteiger partial charge in [-0.15, -0.1) is 0 Å². The third kappa shape index (κ3) is 2.76. The SMILES string of the molecule is OC1(CNCc2ccnc3ccccc23)CCOC1. The number of hydrogen-bond acceptors (Lipinski definition) is 4. The van der Waals surface area contributed by atoms with Crippen molar-refractivity contribution in [3.8, 4) is 0 Å². The highest BCUT2D eigenvalue weighted by molar-refractivity contribution is 5.81. The van der Waals surface area contributed by atoms with Crippen LogP contribution in [0.5, 0.6) is 0 Å². The summed E-state index contributed by atoms with van der Waals surface area (Å²) in [5.74, 6) is 0. The molecule has 1 unspecified atom stereocenters. The summed E-state index contributed by atoms with van der Waals surface area (Å²) >= 11 is 0. The molecule has 2 N–H and O–H groups in total. The number of fused-ring (bicyclic) bond motifs is 1. The predicted octanol–water partition coefficient (Wildman–Crippen LogP) is 1.48. The van der Waals surface area contributed by atoms with Gasteiger partial charge in [-0.2, -0.15) is 0 Å². The van der Waals surface area contributed by atoms with Gasteiger partial charge in [0.2, 0.25) is 0 Å². The second kappa shape index (κ2) is 5.25. The van der Waals surface area contributed by atoms with E-state index in [1.807, 2.05) is 30.5 Å². The normalized spacial score (nSPS) is 23.0. The number of benzene rings is 1. The number of nitrogens with zero attached hydrogens (tertiary/aromatic N) is 1. The fourth-order valence-corrected chi connectivity index (χ4v) is 2.47. The van der Waals surface area contributed by atoms with Gasteiger partial charge in [-0.1, -0.05) is 18.2 Å². The molecule has 0 radical (unpaired) electrons. The maximum atomic E-state index is 10.2. The Morgan fingerprint density at radius 3 is 3.05 bits per heavy atom. The zero-order valence-electron chi connectivity index (χ0n) is 10.8. The summed E-state index contributed by atoms with van der Waals surface area (Å²) < 4.78 is 5.23. The topological polar surface area (TPSA) is 54.4 Å². The van der Waals surface area contributed by atoms with Gasteiger partial charge < -0.3 is 15.2 Å². The molecule has 1 fully saturated rings. The number of rotatable bonds is 4. The number of nitrogens with one attached hydrogen (secondary N) is 1. The van der Waals surface area contributed by atoms with Gasteiger partial charge in [-0.05, 0) is 17.7 Å². The number of pyridine rings is 1. The van der Waals surface area contributed by atoms with E-state index in [9.17, 15) is 5.11 Å². The Morgan fingerprint density at radius 2 is 2.21 bits per heavy atom. The van der Waals surface area contributed by atoms with Crippen molar-refractivity contribution in [2.75, 3.05) is 19.8 Å². The molecule has 1 aliphatic heterocycles. The molecule has 19 heavy (non-hydrogen) atoms. The van der Waals surface area contributed by atoms with Crippen LogP contribution in [0.4, 0.5) is 0 Å². The van der Waals surface area contributed by atoms with Gasteiger partial charge in [0, 0.05) is 37.7 Å². The van der Waals surface area contributed by atoms with E-state index in [0.29, 0.717) is 26.2 Å². The largest absolute Gasteiger partial charge is 0.386 e. The maximum absolute atomic E-state index is 10.2. The molecule has 0 bridgehead atoms. The van der Waals surface area contributed by atoms with E-state index in [0.717, 1.165) is 17.4 Å². The first-order valence-electron chi connectivity index (χ1n) is 6.60. The predicted molar refractivity (Wildman–Crippen MR) is 73.8 cm³/mol. The van der Waals surface area contributed by atoms with Crippen LogP contribution in [-0.2, 0) is 11.3 Å². The van der Waals surface area contributed by atoms with E-state index in [1.54, 1.807) is 0 Å². The van der Waals surface area contributed by atoms with Crippen molar-refractivity contribution < 1.29 is 9.84 Å². The second-order valence-electron chi connectivity index (χ2n) is 5.12. The van der Waals surface area contributed by atoms with Gasteiger partial charge in [0.25, 0.3) is 0 Å². The minimum Gasteiger partial charge on any atom is -0.386 e. The molecule has 0 spiro atoms. The number of para-hydroxylation sites is 1. The van der Waals surface area contributed by atoms with Crippen molar-refractivity contribution in [2.45, 2.75) is 18.6 Å². The molecule has 1 aromatic carbocycles. The van der Waals surface area contributed by atoms with Crippen molar-refractivity contribution in [3.63, 3.8) is 0 Å². The van der Waals surface area contributed by atoms with E-state index in [4.69, 9.17) is 4.74 Å². The molecule has 1 atom stereocenters. The molecule has 1 saturated heterocycles. The molecule has 4 heteroatoms. The monoisotopic (exact) mass is 258 g/mol. The number of aliphatic hydroxyl groups is 1. The zero-order valence-corrected chi connectivity index (χ0v) is 10.8. The Hall–Kier alpha value is -1.49. The van der Waals surface area contributed by atoms with Crippen LogP contribution >= 0.6 is 0 Å². The first kappa shape index (κ1) is 12.5. The molecule has 100 valence electrons. The van der Waals surface area contributed by atoms with Gasteiger partial charge in [-0.25, -0.2) is 0 Å². The number of aromatic nitrogens is 1. The highest BCUT2D eigenvalue weighted by atomic mass is 16.5. The van der Waals surface area contributed by atoms with E-state index in [2.05, 4.69) is 16.4 Å². The lowest BCUT2D eigenvalue weighted by molar-refractivity contribution is 0.0269. The minimum atomic E-state index is -0.706. The van der Waals surface area contributed by atoms with E-state index in [-0.39, 0.29) is 0 Å². The van der Waals surface area contributed by atoms with Crippen LogP contribution in [0.25, 0.3) is 10.9 Å². The van der Waals surface area contributed by atoms with Crippen LogP contribution < -0.4 is 5.32 Å². The molecule has 4 nitrogen and oxygen atoms in total. The van der Waals surface area contributed by atoms with Crippen molar-refractivity contribution in [2.24, 2.45) is 0 Å². The van der Waals surface area contributed by atoms with Crippen molar-refractivity contribution in [3.05, 3.63) is 42.1 Å². The smallest absolute Gasteiger partial charge is 0.102 e. The third-order valence-electron chi connectivity index (χ3n) is 3.59. The molecular weight excluding hydrogens is 240 g/mol. The quantitative estimate of drug-likeness (QED) is 0.872. The summed E-state index contributed by atoms with van der Waals surface area (Å²) in [4.78, 5) is 4.34. The van der Waals surface area contributed by atoms with Gasteiger partial charge in [0.1, 0.15) is 5.60 Å². The number of ether oxygens (including phenoxy) is 1. The maximum Gasteiger partial charge on any atom is 0.102 e. The van der Waals surface area contributed by atoms with Gasteiger partial charge in [0.05, 0.1) is 12.1 Å². The molecular formula is C15H18N2O2. The summed E-state index contributed by atoms with van der Waals surface area (Å²) in [6.45, 7) is 2.36. The summed E-state index contributed by atoms with van der Waals surface area (Å²) in [5, 5.41) is 14.7. The Balaban J connectivity index is 1.68. The summed E-state index contributed by atoms with van der Waals surface area (Å²) in [7, 11) is 0. The first-order chi connectivity index (χ1) is 9.27. The third-order valence-corrected chi connectivity index (χ3v) is 3.59. The highest BCUT2D eigenvalue weighted by Gasteiger charge is 2.31. The Labute approximate surface area is 112 Å². The minimum absolute atomic E-state index is 0.428. The Morgan fingerprint density at radius 1 is 1.32 bits per heavy atom. The summed E-state index contributed by atoms with van der Waals surface area (Å²) in [6, 6.07) is 10.1. The Bertz CT molecular complexity index is 560. The van der Waals surface area contributed by atoms with Crippen LogP contribution in [-0.4, -0.2) is 35.5 Å². The van der Waals surface area contributed by atoms with Crippen LogP contribution in [0, 0.1) is 0 Å². The van der Waals surface area contributed by atoms with Gasteiger partial charge in [0.15, 0.2) is 0 Å². The lowest BCUT2D eigenvalue weighted by Gasteiger charge is -2.20. The molecule has 0 saturated carbocycles. The zero-order chi connectivity index (χ0) is 13.1. The van der Waals surface area contributed by atoms with E-state index < -0.39 is 5.60 Å². The van der Waals surface area contributed by atoms with Crippen LogP contribution in [0.15, 0.2) is 36.5 Å². The first-order valence-corrected chi connectivity index (χ1v) is 6.60. The number of hydrogen-bond donors (Lipinski definition) is 2. The Kier molecular flexibility index (Phi) is 3.46. The standard InChI is InChI=1S/C15H18N2O2/c18-15(6-8-19-11-15)10-16-9-12-5-7-17-14-4-2-1-3-13(12)14/h1-5,7,16,18H,6,8-11H2. The highest BCUT2D eigenvalue weighted by Crippen LogP contribution is 2.18. The fourth-order valence-electron chi connectivity index (χ4n) is 2.47. The summed E-state index contributed by atoms with van der Waals surface area (Å²) in [6.07, 6.45) is 2.53. The molecule has 0 aliphatic carbocycles. The van der Waals surface area contributed by atoms with Crippen molar-refractivity contribution >= 4 is 10.9 Å². The lowest BCUT2D eigenvalue weighted by Crippen LogP contribution is -2.40. The second-order valence-corrected chi connectivity index (χ2v) is 5.12. The molecule has 2 heterocycles. The average molecular weight is 258 g/mol. The van der Waals surface area contributed by atoms with Gasteiger partial charge >= 0.3 is 0 Å². The van der Waals surface area contributed by atoms with Crippen LogP contribution in [0.1, 0.15) is 12.0 Å². The van der Waals surface area contributed by atoms with Crippen LogP contribution in [0.2, 0.25) is 0 Å². The average Bonchev–Trinajstić information content (AvgIpc) is 2.86. The van der Waals surface area contributed by atoms with Crippen LogP contribution in [0.3, 0.4) is 0 Å². The molecule has 1 aliphatic rings. The van der Waals surface area contributed by atoms with Gasteiger partial charge in [-0.3, -0.25) is 4.98 Å². The van der Waals surface area contributed by atoms with E-state index in [1.165, 1.54) is 5.56 Å². The lowest BCUT2D eigenvalue weighted by atomic mass is 10.0. The van der Waals surface area contributed by atoms with E-state index >= 15 is 0 Å². The molecule has 2 aromatic rings. The van der Waals surface area contributed by atoms with Crippen molar-refractivity contribution in [1.29, 1.82) is 0 Å².